The first-order valence-electron chi connectivity index (χ1n) is 4.70. The highest BCUT2D eigenvalue weighted by molar-refractivity contribution is 5.65. The molecule has 1 aliphatic carbocycles. The van der Waals surface area contributed by atoms with Crippen LogP contribution in [0.4, 0.5) is 4.79 Å². The zero-order chi connectivity index (χ0) is 10.8. The van der Waals surface area contributed by atoms with Gasteiger partial charge < -0.3 is 15.5 Å². The number of aromatic nitrogens is 3. The lowest BCUT2D eigenvalue weighted by molar-refractivity contribution is 0.163. The highest BCUT2D eigenvalue weighted by Gasteiger charge is 2.32. The Hall–Kier alpha value is -1.63. The van der Waals surface area contributed by atoms with Gasteiger partial charge in [0.1, 0.15) is 5.69 Å². The number of amides is 1. The topological polar surface area (TPSA) is 100 Å². The van der Waals surface area contributed by atoms with E-state index in [0.717, 1.165) is 12.8 Å². The molecule has 2 rings (SSSR count). The summed E-state index contributed by atoms with van der Waals surface area (Å²) in [6, 6.07) is 0.198. The number of aliphatic hydroxyl groups is 1. The van der Waals surface area contributed by atoms with Crippen molar-refractivity contribution in [3.8, 4) is 0 Å². The van der Waals surface area contributed by atoms with Crippen LogP contribution in [0.1, 0.15) is 24.6 Å². The van der Waals surface area contributed by atoms with E-state index in [-0.39, 0.29) is 18.7 Å². The van der Waals surface area contributed by atoms with Crippen LogP contribution in [0.3, 0.4) is 0 Å². The molecular formula is C8H12N4O3. The Kier molecular flexibility index (Phi) is 2.55. The van der Waals surface area contributed by atoms with Crippen LogP contribution in [-0.2, 0) is 6.61 Å². The summed E-state index contributed by atoms with van der Waals surface area (Å²) in [6.07, 6.45) is 2.14. The van der Waals surface area contributed by atoms with Gasteiger partial charge in [-0.3, -0.25) is 0 Å². The summed E-state index contributed by atoms with van der Waals surface area (Å²) >= 11 is 0. The minimum atomic E-state index is -0.993. The summed E-state index contributed by atoms with van der Waals surface area (Å²) in [6.45, 7) is -0.122. The van der Waals surface area contributed by atoms with Crippen LogP contribution in [0.5, 0.6) is 0 Å². The average Bonchev–Trinajstić information content (AvgIpc) is 2.58. The molecule has 1 saturated carbocycles. The standard InChI is InChI=1S/C8H12N4O3/c13-4-6-3-12(11-10-6)7-1-5(2-7)9-8(14)15/h3,5,7,9,13H,1-2,4H2,(H,14,15). The number of aliphatic hydroxyl groups excluding tert-OH is 1. The molecule has 1 aromatic heterocycles. The predicted octanol–water partition coefficient (Wildman–Crippen LogP) is -0.259. The van der Waals surface area contributed by atoms with Gasteiger partial charge in [0.25, 0.3) is 0 Å². The number of nitrogens with one attached hydrogen (secondary N) is 1. The van der Waals surface area contributed by atoms with E-state index in [1.54, 1.807) is 10.9 Å². The van der Waals surface area contributed by atoms with Crippen molar-refractivity contribution in [3.63, 3.8) is 0 Å². The van der Waals surface area contributed by atoms with Crippen molar-refractivity contribution in [2.24, 2.45) is 0 Å². The molecule has 1 aromatic rings. The van der Waals surface area contributed by atoms with Crippen molar-refractivity contribution >= 4 is 6.09 Å². The second-order valence-corrected chi connectivity index (χ2v) is 3.62. The van der Waals surface area contributed by atoms with Gasteiger partial charge in [0.15, 0.2) is 0 Å². The van der Waals surface area contributed by atoms with Crippen LogP contribution >= 0.6 is 0 Å². The van der Waals surface area contributed by atoms with E-state index in [9.17, 15) is 4.79 Å². The summed E-state index contributed by atoms with van der Waals surface area (Å²) in [5.41, 5.74) is 0.532. The summed E-state index contributed by atoms with van der Waals surface area (Å²) in [5.74, 6) is 0. The van der Waals surface area contributed by atoms with Gasteiger partial charge in [0.2, 0.25) is 0 Å². The minimum absolute atomic E-state index is 0.00859. The van der Waals surface area contributed by atoms with Gasteiger partial charge in [-0.25, -0.2) is 9.48 Å². The Morgan fingerprint density at radius 3 is 2.93 bits per heavy atom. The molecule has 0 saturated heterocycles. The van der Waals surface area contributed by atoms with E-state index in [1.807, 2.05) is 0 Å². The van der Waals surface area contributed by atoms with Crippen LogP contribution in [0.25, 0.3) is 0 Å². The fraction of sp³-hybridized carbons (Fsp3) is 0.625. The molecule has 0 radical (unpaired) electrons. The summed E-state index contributed by atoms with van der Waals surface area (Å²) in [5, 5.41) is 27.3. The largest absolute Gasteiger partial charge is 0.465 e. The van der Waals surface area contributed by atoms with Gasteiger partial charge in [0.05, 0.1) is 18.8 Å². The van der Waals surface area contributed by atoms with Crippen molar-refractivity contribution < 1.29 is 15.0 Å². The number of nitrogens with zero attached hydrogens (tertiary/aromatic N) is 3. The third-order valence-corrected chi connectivity index (χ3v) is 2.53. The molecule has 0 unspecified atom stereocenters. The first-order chi connectivity index (χ1) is 7.19. The van der Waals surface area contributed by atoms with Crippen LogP contribution in [0, 0.1) is 0 Å². The highest BCUT2D eigenvalue weighted by atomic mass is 16.4. The van der Waals surface area contributed by atoms with Gasteiger partial charge >= 0.3 is 6.09 Å². The van der Waals surface area contributed by atoms with Crippen molar-refractivity contribution in [2.75, 3.05) is 0 Å². The van der Waals surface area contributed by atoms with E-state index < -0.39 is 6.09 Å². The number of carboxylic acid groups (broad SMARTS) is 1. The molecule has 1 amide bonds. The van der Waals surface area contributed by atoms with Crippen molar-refractivity contribution in [3.05, 3.63) is 11.9 Å². The summed E-state index contributed by atoms with van der Waals surface area (Å²) in [4.78, 5) is 10.3. The quantitative estimate of drug-likeness (QED) is 0.641. The maximum Gasteiger partial charge on any atom is 0.404 e. The Morgan fingerprint density at radius 2 is 2.40 bits per heavy atom. The maximum atomic E-state index is 10.3. The maximum absolute atomic E-state index is 10.3. The Bertz CT molecular complexity index is 359. The van der Waals surface area contributed by atoms with Crippen molar-refractivity contribution in [1.82, 2.24) is 20.3 Å². The summed E-state index contributed by atoms with van der Waals surface area (Å²) in [7, 11) is 0. The molecule has 0 bridgehead atoms. The molecule has 1 heterocycles. The molecule has 82 valence electrons. The zero-order valence-corrected chi connectivity index (χ0v) is 8.00. The van der Waals surface area contributed by atoms with Gasteiger partial charge in [-0.15, -0.1) is 5.10 Å². The molecule has 0 spiro atoms. The van der Waals surface area contributed by atoms with E-state index >= 15 is 0 Å². The third kappa shape index (κ3) is 2.07. The van der Waals surface area contributed by atoms with Gasteiger partial charge in [-0.2, -0.15) is 0 Å². The average molecular weight is 212 g/mol. The van der Waals surface area contributed by atoms with Crippen LogP contribution in [0.2, 0.25) is 0 Å². The highest BCUT2D eigenvalue weighted by Crippen LogP contribution is 2.31. The lowest BCUT2D eigenvalue weighted by atomic mass is 9.87. The zero-order valence-electron chi connectivity index (χ0n) is 8.00. The molecule has 3 N–H and O–H groups in total. The predicted molar refractivity (Wildman–Crippen MR) is 49.2 cm³/mol. The molecule has 1 fully saturated rings. The van der Waals surface area contributed by atoms with E-state index in [0.29, 0.717) is 5.69 Å². The molecule has 7 nitrogen and oxygen atoms in total. The second kappa shape index (κ2) is 3.85. The Morgan fingerprint density at radius 1 is 1.67 bits per heavy atom. The fourth-order valence-corrected chi connectivity index (χ4v) is 1.66. The SMILES string of the molecule is O=C(O)NC1CC(n2cc(CO)nn2)C1. The first-order valence-corrected chi connectivity index (χ1v) is 4.70. The van der Waals surface area contributed by atoms with Gasteiger partial charge in [-0.05, 0) is 12.8 Å². The molecule has 0 atom stereocenters. The van der Waals surface area contributed by atoms with Gasteiger partial charge in [0, 0.05) is 6.04 Å². The lowest BCUT2D eigenvalue weighted by Crippen LogP contribution is -2.44. The third-order valence-electron chi connectivity index (χ3n) is 2.53. The van der Waals surface area contributed by atoms with Crippen molar-refractivity contribution in [1.29, 1.82) is 0 Å². The smallest absolute Gasteiger partial charge is 0.404 e. The number of hydrogen-bond donors (Lipinski definition) is 3. The number of carbonyl (C=O) groups is 1. The number of rotatable bonds is 3. The molecule has 1 aliphatic rings. The van der Waals surface area contributed by atoms with E-state index in [1.165, 1.54) is 0 Å². The number of hydrogen-bond acceptors (Lipinski definition) is 4. The molecule has 7 heteroatoms. The Balaban J connectivity index is 1.86. The van der Waals surface area contributed by atoms with Crippen LogP contribution in [-0.4, -0.2) is 37.3 Å². The van der Waals surface area contributed by atoms with Crippen LogP contribution in [0.15, 0.2) is 6.20 Å². The second-order valence-electron chi connectivity index (χ2n) is 3.62. The first kappa shape index (κ1) is 9.91. The lowest BCUT2D eigenvalue weighted by Gasteiger charge is -2.34. The minimum Gasteiger partial charge on any atom is -0.465 e. The monoisotopic (exact) mass is 212 g/mol. The van der Waals surface area contributed by atoms with E-state index in [4.69, 9.17) is 10.2 Å². The summed E-state index contributed by atoms with van der Waals surface area (Å²) < 4.78 is 1.67. The normalized spacial score (nSPS) is 24.6. The Labute approximate surface area is 85.7 Å². The molecule has 0 aliphatic heterocycles. The fourth-order valence-electron chi connectivity index (χ4n) is 1.66. The van der Waals surface area contributed by atoms with E-state index in [2.05, 4.69) is 15.6 Å². The van der Waals surface area contributed by atoms with Crippen LogP contribution < -0.4 is 5.32 Å². The van der Waals surface area contributed by atoms with Gasteiger partial charge in [-0.1, -0.05) is 5.21 Å². The molecule has 0 aromatic carbocycles. The van der Waals surface area contributed by atoms with Crippen molar-refractivity contribution in [2.45, 2.75) is 31.5 Å². The molecule has 15 heavy (non-hydrogen) atoms. The molecular weight excluding hydrogens is 200 g/mol.